The van der Waals surface area contributed by atoms with E-state index in [1.165, 1.54) is 24.0 Å². The average molecular weight is 242 g/mol. The van der Waals surface area contributed by atoms with Crippen molar-refractivity contribution in [2.24, 2.45) is 0 Å². The highest BCUT2D eigenvalue weighted by molar-refractivity contribution is 5.98. The number of allylic oxidation sites excluding steroid dienone is 2. The normalized spacial score (nSPS) is 15.5. The van der Waals surface area contributed by atoms with E-state index in [0.29, 0.717) is 5.78 Å². The summed E-state index contributed by atoms with van der Waals surface area (Å²) in [5, 5.41) is 0. The third-order valence-electron chi connectivity index (χ3n) is 3.71. The fourth-order valence-corrected chi connectivity index (χ4v) is 2.67. The molecular weight excluding hydrogens is 220 g/mol. The number of unbranched alkanes of at least 4 members (excludes halogenated alkanes) is 2. The molecule has 0 unspecified atom stereocenters. The summed E-state index contributed by atoms with van der Waals surface area (Å²) in [6.07, 6.45) is 7.29. The fraction of sp³-hybridized carbons (Fsp3) is 0.471. The number of rotatable bonds is 6. The maximum absolute atomic E-state index is 11.9. The molecule has 0 fully saturated rings. The van der Waals surface area contributed by atoms with Crippen LogP contribution in [-0.4, -0.2) is 5.78 Å². The molecule has 96 valence electrons. The molecule has 0 spiro atoms. The van der Waals surface area contributed by atoms with Gasteiger partial charge in [-0.15, -0.1) is 0 Å². The Morgan fingerprint density at radius 2 is 1.83 bits per heavy atom. The van der Waals surface area contributed by atoms with Crippen molar-refractivity contribution < 1.29 is 4.79 Å². The van der Waals surface area contributed by atoms with Crippen LogP contribution in [0.5, 0.6) is 0 Å². The van der Waals surface area contributed by atoms with Crippen molar-refractivity contribution in [3.05, 3.63) is 47.0 Å². The van der Waals surface area contributed by atoms with Crippen molar-refractivity contribution >= 4 is 5.78 Å². The highest BCUT2D eigenvalue weighted by Gasteiger charge is 2.22. The van der Waals surface area contributed by atoms with Crippen molar-refractivity contribution in [1.82, 2.24) is 0 Å². The second-order valence-electron chi connectivity index (χ2n) is 5.12. The molecule has 2 rings (SSSR count). The Kier molecular flexibility index (Phi) is 4.74. The van der Waals surface area contributed by atoms with Crippen LogP contribution in [0.25, 0.3) is 0 Å². The van der Waals surface area contributed by atoms with E-state index in [-0.39, 0.29) is 0 Å². The number of benzene rings is 1. The van der Waals surface area contributed by atoms with Gasteiger partial charge in [0.1, 0.15) is 0 Å². The van der Waals surface area contributed by atoms with Gasteiger partial charge in [-0.05, 0) is 36.8 Å². The van der Waals surface area contributed by atoms with Crippen LogP contribution in [-0.2, 0) is 11.2 Å². The average Bonchev–Trinajstić information content (AvgIpc) is 2.73. The number of ketones is 1. The summed E-state index contributed by atoms with van der Waals surface area (Å²) in [6.45, 7) is 2.20. The van der Waals surface area contributed by atoms with Gasteiger partial charge in [0.2, 0.25) is 0 Å². The summed E-state index contributed by atoms with van der Waals surface area (Å²) in [7, 11) is 0. The monoisotopic (exact) mass is 242 g/mol. The molecule has 0 heterocycles. The summed E-state index contributed by atoms with van der Waals surface area (Å²) in [5.41, 5.74) is 3.87. The quantitative estimate of drug-likeness (QED) is 0.673. The van der Waals surface area contributed by atoms with Crippen LogP contribution in [0.15, 0.2) is 41.5 Å². The highest BCUT2D eigenvalue weighted by atomic mass is 16.1. The van der Waals surface area contributed by atoms with E-state index in [9.17, 15) is 4.79 Å². The van der Waals surface area contributed by atoms with Crippen LogP contribution < -0.4 is 0 Å². The molecule has 0 aromatic heterocycles. The van der Waals surface area contributed by atoms with E-state index < -0.39 is 0 Å². The minimum atomic E-state index is 0.400. The first kappa shape index (κ1) is 13.1. The van der Waals surface area contributed by atoms with Gasteiger partial charge in [-0.3, -0.25) is 4.79 Å². The van der Waals surface area contributed by atoms with E-state index in [4.69, 9.17) is 0 Å². The number of hydrogen-bond donors (Lipinski definition) is 0. The zero-order valence-electron chi connectivity index (χ0n) is 11.2. The molecule has 1 aromatic carbocycles. The van der Waals surface area contributed by atoms with Crippen LogP contribution in [0.3, 0.4) is 0 Å². The lowest BCUT2D eigenvalue weighted by atomic mass is 9.98. The Balaban J connectivity index is 2.05. The summed E-state index contributed by atoms with van der Waals surface area (Å²) in [6, 6.07) is 10.5. The molecule has 0 aliphatic heterocycles. The third kappa shape index (κ3) is 3.32. The molecule has 18 heavy (non-hydrogen) atoms. The summed E-state index contributed by atoms with van der Waals surface area (Å²) >= 11 is 0. The predicted molar refractivity (Wildman–Crippen MR) is 75.6 cm³/mol. The van der Waals surface area contributed by atoms with Crippen molar-refractivity contribution in [1.29, 1.82) is 0 Å². The zero-order valence-corrected chi connectivity index (χ0v) is 11.2. The first-order chi connectivity index (χ1) is 8.81. The molecule has 1 nitrogen and oxygen atoms in total. The molecule has 0 atom stereocenters. The summed E-state index contributed by atoms with van der Waals surface area (Å²) < 4.78 is 0. The van der Waals surface area contributed by atoms with Gasteiger partial charge in [-0.1, -0.05) is 55.7 Å². The Morgan fingerprint density at radius 1 is 1.06 bits per heavy atom. The zero-order chi connectivity index (χ0) is 12.8. The van der Waals surface area contributed by atoms with Gasteiger partial charge >= 0.3 is 0 Å². The largest absolute Gasteiger partial charge is 0.295 e. The van der Waals surface area contributed by atoms with Gasteiger partial charge in [0.05, 0.1) is 0 Å². The van der Waals surface area contributed by atoms with Crippen molar-refractivity contribution in [2.45, 2.75) is 51.9 Å². The third-order valence-corrected chi connectivity index (χ3v) is 3.71. The van der Waals surface area contributed by atoms with Crippen molar-refractivity contribution in [3.63, 3.8) is 0 Å². The number of Topliss-reactive ketones (excluding diaryl/α,β-unsaturated/α-hetero) is 1. The SMILES string of the molecule is CCCCCC1=C(Cc2ccccc2)CCC1=O. The van der Waals surface area contributed by atoms with E-state index in [1.54, 1.807) is 0 Å². The molecule has 1 aliphatic rings. The minimum absolute atomic E-state index is 0.400. The maximum atomic E-state index is 11.9. The lowest BCUT2D eigenvalue weighted by molar-refractivity contribution is -0.115. The van der Waals surface area contributed by atoms with E-state index in [2.05, 4.69) is 31.2 Å². The van der Waals surface area contributed by atoms with E-state index in [1.807, 2.05) is 6.07 Å². The summed E-state index contributed by atoms with van der Waals surface area (Å²) in [4.78, 5) is 11.9. The second-order valence-corrected chi connectivity index (χ2v) is 5.12. The van der Waals surface area contributed by atoms with Crippen LogP contribution >= 0.6 is 0 Å². The molecule has 1 heteroatoms. The Labute approximate surface area is 110 Å². The van der Waals surface area contributed by atoms with Gasteiger partial charge in [0.15, 0.2) is 5.78 Å². The van der Waals surface area contributed by atoms with Gasteiger partial charge in [-0.2, -0.15) is 0 Å². The van der Waals surface area contributed by atoms with E-state index >= 15 is 0 Å². The second kappa shape index (κ2) is 6.53. The predicted octanol–water partition coefficient (Wildman–Crippen LogP) is 4.47. The Hall–Kier alpha value is -1.37. The lowest BCUT2D eigenvalue weighted by Gasteiger charge is -2.06. The molecule has 0 radical (unpaired) electrons. The van der Waals surface area contributed by atoms with Crippen molar-refractivity contribution in [3.8, 4) is 0 Å². The highest BCUT2D eigenvalue weighted by Crippen LogP contribution is 2.29. The molecule has 0 bridgehead atoms. The number of hydrogen-bond acceptors (Lipinski definition) is 1. The van der Waals surface area contributed by atoms with Gasteiger partial charge in [-0.25, -0.2) is 0 Å². The standard InChI is InChI=1S/C17H22O/c1-2-3-5-10-16-15(11-12-17(16)18)13-14-8-6-4-7-9-14/h4,6-9H,2-3,5,10-13H2,1H3. The molecule has 0 amide bonds. The molecule has 0 saturated heterocycles. The minimum Gasteiger partial charge on any atom is -0.295 e. The maximum Gasteiger partial charge on any atom is 0.159 e. The Morgan fingerprint density at radius 3 is 2.56 bits per heavy atom. The lowest BCUT2D eigenvalue weighted by Crippen LogP contribution is -1.98. The molecule has 1 aliphatic carbocycles. The van der Waals surface area contributed by atoms with Gasteiger partial charge in [0, 0.05) is 6.42 Å². The van der Waals surface area contributed by atoms with E-state index in [0.717, 1.165) is 37.7 Å². The van der Waals surface area contributed by atoms with Crippen molar-refractivity contribution in [2.75, 3.05) is 0 Å². The molecular formula is C17H22O. The molecule has 1 aromatic rings. The van der Waals surface area contributed by atoms with Crippen LogP contribution in [0.4, 0.5) is 0 Å². The first-order valence-electron chi connectivity index (χ1n) is 7.09. The first-order valence-corrected chi connectivity index (χ1v) is 7.09. The molecule has 0 N–H and O–H groups in total. The van der Waals surface area contributed by atoms with Crippen LogP contribution in [0.1, 0.15) is 51.0 Å². The smallest absolute Gasteiger partial charge is 0.159 e. The van der Waals surface area contributed by atoms with Crippen LogP contribution in [0.2, 0.25) is 0 Å². The summed E-state index contributed by atoms with van der Waals surface area (Å²) in [5.74, 6) is 0.400. The fourth-order valence-electron chi connectivity index (χ4n) is 2.67. The number of carbonyl (C=O) groups excluding carboxylic acids is 1. The Bertz CT molecular complexity index is 428. The van der Waals surface area contributed by atoms with Gasteiger partial charge < -0.3 is 0 Å². The topological polar surface area (TPSA) is 17.1 Å². The number of carbonyl (C=O) groups is 1. The molecule has 0 saturated carbocycles. The van der Waals surface area contributed by atoms with Gasteiger partial charge in [0.25, 0.3) is 0 Å². The van der Waals surface area contributed by atoms with Crippen LogP contribution in [0, 0.1) is 0 Å².